The van der Waals surface area contributed by atoms with Gasteiger partial charge in [0.1, 0.15) is 11.2 Å². The van der Waals surface area contributed by atoms with Gasteiger partial charge in [-0.05, 0) is 67.6 Å². The number of rotatable bonds is 6. The van der Waals surface area contributed by atoms with Crippen LogP contribution in [0.5, 0.6) is 0 Å². The summed E-state index contributed by atoms with van der Waals surface area (Å²) in [6.45, 7) is 3.17. The van der Waals surface area contributed by atoms with Crippen LogP contribution in [0.15, 0.2) is 59.9 Å². The van der Waals surface area contributed by atoms with E-state index in [2.05, 4.69) is 15.0 Å². The number of pyridine rings is 1. The molecule has 1 aliphatic heterocycles. The predicted molar refractivity (Wildman–Crippen MR) is 138 cm³/mol. The number of halogens is 6. The molecule has 0 saturated carbocycles. The molecule has 1 aliphatic rings. The molecule has 18 heteroatoms. The summed E-state index contributed by atoms with van der Waals surface area (Å²) in [6.07, 6.45) is -0.903. The average Bonchev–Trinajstić information content (AvgIpc) is 3.07. The lowest BCUT2D eigenvalue weighted by Gasteiger charge is -2.27. The molecule has 0 aliphatic carbocycles. The molecule has 1 aromatic carbocycles. The van der Waals surface area contributed by atoms with E-state index in [0.29, 0.717) is 11.3 Å². The molecule has 228 valence electrons. The number of aromatic nitrogens is 3. The van der Waals surface area contributed by atoms with Gasteiger partial charge in [0.2, 0.25) is 0 Å². The van der Waals surface area contributed by atoms with Crippen LogP contribution in [0.3, 0.4) is 0 Å². The summed E-state index contributed by atoms with van der Waals surface area (Å²) in [4.78, 5) is 61.6. The van der Waals surface area contributed by atoms with Gasteiger partial charge in [-0.25, -0.2) is 19.5 Å². The second-order valence-electron chi connectivity index (χ2n) is 9.08. The summed E-state index contributed by atoms with van der Waals surface area (Å²) in [6, 6.07) is 7.63. The van der Waals surface area contributed by atoms with Crippen LogP contribution in [0.1, 0.15) is 29.9 Å². The zero-order valence-corrected chi connectivity index (χ0v) is 22.8. The number of aliphatic carboxylic acids is 1. The number of carboxylic acids is 1. The molecule has 11 nitrogen and oxygen atoms in total. The number of imide groups is 1. The average molecular weight is 631 g/mol. The number of thioether (sulfide) groups is 1. The van der Waals surface area contributed by atoms with Crippen LogP contribution < -0.4 is 10.6 Å². The summed E-state index contributed by atoms with van der Waals surface area (Å²) >= 11 is -0.285. The first kappa shape index (κ1) is 32.8. The van der Waals surface area contributed by atoms with Gasteiger partial charge in [-0.2, -0.15) is 26.3 Å². The summed E-state index contributed by atoms with van der Waals surface area (Å²) in [5.41, 5.74) is 0.852. The first-order valence-electron chi connectivity index (χ1n) is 11.7. The van der Waals surface area contributed by atoms with Gasteiger partial charge in [0, 0.05) is 30.0 Å². The number of hydrogen-bond acceptors (Lipinski definition) is 8. The second-order valence-corrected chi connectivity index (χ2v) is 10.2. The number of carbonyl (C=O) groups excluding carboxylic acids is 3. The minimum atomic E-state index is -5.08. The minimum absolute atomic E-state index is 0.0117. The number of nitrogens with two attached hydrogens (primary N) is 1. The number of amides is 4. The van der Waals surface area contributed by atoms with E-state index in [1.54, 1.807) is 26.0 Å². The van der Waals surface area contributed by atoms with Gasteiger partial charge in [0.25, 0.3) is 11.8 Å². The topological polar surface area (TPSA) is 160 Å². The third-order valence-electron chi connectivity index (χ3n) is 5.73. The number of carbonyl (C=O) groups is 4. The highest BCUT2D eigenvalue weighted by Gasteiger charge is 2.51. The van der Waals surface area contributed by atoms with Crippen molar-refractivity contribution in [3.8, 4) is 11.4 Å². The van der Waals surface area contributed by atoms with Crippen molar-refractivity contribution in [2.24, 2.45) is 5.73 Å². The highest BCUT2D eigenvalue weighted by atomic mass is 32.2. The van der Waals surface area contributed by atoms with Crippen molar-refractivity contribution >= 4 is 41.3 Å². The van der Waals surface area contributed by atoms with Crippen molar-refractivity contribution in [3.05, 3.63) is 66.2 Å². The number of nitrogens with zero attached hydrogens (tertiary/aromatic N) is 5. The van der Waals surface area contributed by atoms with Crippen molar-refractivity contribution in [1.29, 1.82) is 0 Å². The molecular weight excluding hydrogens is 610 g/mol. The molecule has 3 heterocycles. The molecule has 0 atom stereocenters. The predicted octanol–water partition coefficient (Wildman–Crippen LogP) is 4.63. The van der Waals surface area contributed by atoms with Crippen molar-refractivity contribution < 1.29 is 50.6 Å². The molecule has 0 spiro atoms. The maximum absolute atomic E-state index is 13.3. The van der Waals surface area contributed by atoms with E-state index in [0.717, 1.165) is 4.90 Å². The number of carboxylic acid groups (broad SMARTS) is 1. The van der Waals surface area contributed by atoms with E-state index in [4.69, 9.17) is 15.6 Å². The molecule has 1 fully saturated rings. The number of primary amides is 1. The first-order chi connectivity index (χ1) is 19.8. The van der Waals surface area contributed by atoms with Gasteiger partial charge in [0.05, 0.1) is 11.4 Å². The zero-order chi connectivity index (χ0) is 32.3. The quantitative estimate of drug-likeness (QED) is 0.225. The van der Waals surface area contributed by atoms with E-state index >= 15 is 0 Å². The van der Waals surface area contributed by atoms with Gasteiger partial charge in [-0.1, -0.05) is 0 Å². The van der Waals surface area contributed by atoms with Crippen LogP contribution in [0.2, 0.25) is 0 Å². The van der Waals surface area contributed by atoms with Crippen molar-refractivity contribution in [1.82, 2.24) is 19.9 Å². The molecule has 4 rings (SSSR count). The molecule has 0 radical (unpaired) electrons. The Balaban J connectivity index is 0.000000646. The molecule has 3 aromatic rings. The van der Waals surface area contributed by atoms with Gasteiger partial charge < -0.3 is 15.7 Å². The Morgan fingerprint density at radius 1 is 0.953 bits per heavy atom. The number of benzene rings is 1. The third kappa shape index (κ3) is 7.76. The van der Waals surface area contributed by atoms with Crippen LogP contribution in [0.4, 0.5) is 36.8 Å². The fourth-order valence-electron chi connectivity index (χ4n) is 3.72. The lowest BCUT2D eigenvalue weighted by molar-refractivity contribution is -0.192. The Kier molecular flexibility index (Phi) is 9.33. The lowest BCUT2D eigenvalue weighted by Crippen LogP contribution is -2.43. The number of hydrogen-bond donors (Lipinski definition) is 2. The smallest absolute Gasteiger partial charge is 0.475 e. The molecule has 4 amide bonds. The van der Waals surface area contributed by atoms with E-state index in [1.807, 2.05) is 0 Å². The third-order valence-corrected chi connectivity index (χ3v) is 6.47. The van der Waals surface area contributed by atoms with Gasteiger partial charge in [0.15, 0.2) is 5.69 Å². The Hall–Kier alpha value is -4.74. The van der Waals surface area contributed by atoms with E-state index in [9.17, 15) is 40.7 Å². The van der Waals surface area contributed by atoms with E-state index < -0.39 is 41.0 Å². The van der Waals surface area contributed by atoms with Crippen LogP contribution >= 0.6 is 11.8 Å². The Labute approximate surface area is 242 Å². The van der Waals surface area contributed by atoms with Crippen molar-refractivity contribution in [2.45, 2.75) is 42.5 Å². The molecular formula is C25H20F6N6O5S. The number of alkyl halides is 6. The normalized spacial score (nSPS) is 14.8. The zero-order valence-electron chi connectivity index (χ0n) is 22.0. The highest BCUT2D eigenvalue weighted by Crippen LogP contribution is 2.39. The van der Waals surface area contributed by atoms with Crippen molar-refractivity contribution in [2.75, 3.05) is 4.90 Å². The van der Waals surface area contributed by atoms with E-state index in [1.165, 1.54) is 47.8 Å². The van der Waals surface area contributed by atoms with Gasteiger partial charge in [-0.3, -0.25) is 19.6 Å². The van der Waals surface area contributed by atoms with Crippen LogP contribution in [0, 0.1) is 0 Å². The summed E-state index contributed by atoms with van der Waals surface area (Å²) in [7, 11) is 0. The van der Waals surface area contributed by atoms with Gasteiger partial charge >= 0.3 is 23.7 Å². The maximum atomic E-state index is 13.3. The monoisotopic (exact) mass is 630 g/mol. The molecule has 1 saturated heterocycles. The lowest BCUT2D eigenvalue weighted by atomic mass is 10.0. The Morgan fingerprint density at radius 3 is 2.07 bits per heavy atom. The highest BCUT2D eigenvalue weighted by molar-refractivity contribution is 8.00. The summed E-state index contributed by atoms with van der Waals surface area (Å²) in [5.74, 6) is -4.06. The Morgan fingerprint density at radius 2 is 1.53 bits per heavy atom. The second kappa shape index (κ2) is 12.2. The molecule has 3 N–H and O–H groups in total. The molecule has 2 aromatic heterocycles. The van der Waals surface area contributed by atoms with E-state index in [-0.39, 0.29) is 40.3 Å². The standard InChI is InChI=1S/C23H19F3N6O3S.C2HF3O2/c1-22(2)20(34)32(14-3-5-15(6-4-14)36-23(24,25)26)21(35)31(22)12-13-7-8-28-16(11-13)17-18(19(27)33)30-10-9-29-17;3-2(4,5)1(6)7/h3-11H,12H2,1-2H3,(H2,27,33);(H,6,7). The van der Waals surface area contributed by atoms with Crippen LogP contribution in [-0.2, 0) is 16.1 Å². The molecule has 0 bridgehead atoms. The number of anilines is 1. The molecule has 0 unspecified atom stereocenters. The number of urea groups is 1. The summed E-state index contributed by atoms with van der Waals surface area (Å²) < 4.78 is 69.6. The largest absolute Gasteiger partial charge is 0.490 e. The fourth-order valence-corrected chi connectivity index (χ4v) is 4.26. The van der Waals surface area contributed by atoms with Gasteiger partial charge in [-0.15, -0.1) is 0 Å². The SMILES string of the molecule is CC1(C)C(=O)N(c2ccc(SC(F)(F)F)cc2)C(=O)N1Cc1ccnc(-c2nccnc2C(N)=O)c1.O=C(O)C(F)(F)F. The van der Waals surface area contributed by atoms with Crippen LogP contribution in [0.25, 0.3) is 11.4 Å². The minimum Gasteiger partial charge on any atom is -0.475 e. The molecule has 43 heavy (non-hydrogen) atoms. The summed E-state index contributed by atoms with van der Waals surface area (Å²) in [5, 5.41) is 7.12. The van der Waals surface area contributed by atoms with Crippen molar-refractivity contribution in [3.63, 3.8) is 0 Å². The van der Waals surface area contributed by atoms with Crippen LogP contribution in [-0.4, -0.2) is 66.0 Å². The first-order valence-corrected chi connectivity index (χ1v) is 12.5. The maximum Gasteiger partial charge on any atom is 0.490 e. The Bertz CT molecular complexity index is 1550. The fraction of sp³-hybridized carbons (Fsp3) is 0.240.